The highest BCUT2D eigenvalue weighted by Crippen LogP contribution is 2.55. The van der Waals surface area contributed by atoms with Crippen molar-refractivity contribution in [2.45, 2.75) is 48.0 Å². The summed E-state index contributed by atoms with van der Waals surface area (Å²) < 4.78 is 0. The van der Waals surface area contributed by atoms with Crippen molar-refractivity contribution in [3.05, 3.63) is 11.1 Å². The molecule has 2 heteroatoms. The molecule has 0 aromatic rings. The number of hydrogen-bond donors (Lipinski definition) is 1. The first-order valence-corrected chi connectivity index (χ1v) is 5.13. The van der Waals surface area contributed by atoms with Crippen LogP contribution in [0.5, 0.6) is 0 Å². The minimum atomic E-state index is 0.0907. The topological polar surface area (TPSA) is 32.6 Å². The van der Waals surface area contributed by atoms with Gasteiger partial charge in [0.15, 0.2) is 0 Å². The molecule has 1 aliphatic carbocycles. The number of rotatable bonds is 1. The third kappa shape index (κ3) is 1.37. The highest BCUT2D eigenvalue weighted by atomic mass is 16.4. The van der Waals surface area contributed by atoms with Crippen LogP contribution >= 0.6 is 0 Å². The Morgan fingerprint density at radius 2 is 1.79 bits per heavy atom. The zero-order valence-electron chi connectivity index (χ0n) is 10.1. The fourth-order valence-corrected chi connectivity index (χ4v) is 2.66. The molecule has 1 N–H and O–H groups in total. The molecular weight excluding hydrogens is 174 g/mol. The van der Waals surface area contributed by atoms with E-state index in [1.54, 1.807) is 0 Å². The lowest BCUT2D eigenvalue weighted by atomic mass is 9.67. The van der Waals surface area contributed by atoms with E-state index in [1.807, 2.05) is 6.92 Å². The maximum atomic E-state index is 8.87. The fraction of sp³-hybridized carbons (Fsp3) is 0.750. The molecule has 0 saturated heterocycles. The SMILES string of the molecule is CC1=C(/C(C)=N/O)C(C)(C)C(C)(C)C1. The lowest BCUT2D eigenvalue weighted by Crippen LogP contribution is -2.31. The highest BCUT2D eigenvalue weighted by Gasteiger charge is 2.46. The van der Waals surface area contributed by atoms with Gasteiger partial charge in [0.2, 0.25) is 0 Å². The zero-order valence-corrected chi connectivity index (χ0v) is 10.1. The van der Waals surface area contributed by atoms with Gasteiger partial charge in [0.05, 0.1) is 5.71 Å². The van der Waals surface area contributed by atoms with Crippen LogP contribution in [0.2, 0.25) is 0 Å². The molecule has 0 spiro atoms. The van der Waals surface area contributed by atoms with Crippen molar-refractivity contribution in [3.63, 3.8) is 0 Å². The molecule has 0 radical (unpaired) electrons. The van der Waals surface area contributed by atoms with Crippen LogP contribution < -0.4 is 0 Å². The average molecular weight is 195 g/mol. The summed E-state index contributed by atoms with van der Waals surface area (Å²) in [5.74, 6) is 0. The van der Waals surface area contributed by atoms with Crippen molar-refractivity contribution in [2.24, 2.45) is 16.0 Å². The second-order valence-corrected chi connectivity index (χ2v) is 5.53. The van der Waals surface area contributed by atoms with Gasteiger partial charge in [0.1, 0.15) is 0 Å². The number of hydrogen-bond acceptors (Lipinski definition) is 2. The third-order valence-corrected chi connectivity index (χ3v) is 3.96. The van der Waals surface area contributed by atoms with E-state index in [1.165, 1.54) is 11.1 Å². The van der Waals surface area contributed by atoms with Gasteiger partial charge in [-0.05, 0) is 36.7 Å². The second kappa shape index (κ2) is 3.11. The summed E-state index contributed by atoms with van der Waals surface area (Å²) in [6.07, 6.45) is 1.09. The van der Waals surface area contributed by atoms with E-state index >= 15 is 0 Å². The number of oxime groups is 1. The van der Waals surface area contributed by atoms with Crippen LogP contribution in [-0.4, -0.2) is 10.9 Å². The van der Waals surface area contributed by atoms with Crippen LogP contribution in [-0.2, 0) is 0 Å². The summed E-state index contributed by atoms with van der Waals surface area (Å²) in [4.78, 5) is 0. The standard InChI is InChI=1S/C12H21NO/c1-8-7-11(3,4)12(5,6)10(8)9(2)13-14/h14H,7H2,1-6H3/b13-9+. The molecule has 0 aromatic carbocycles. The number of nitrogens with zero attached hydrogens (tertiary/aromatic N) is 1. The molecule has 80 valence electrons. The smallest absolute Gasteiger partial charge is 0.0801 e. The summed E-state index contributed by atoms with van der Waals surface area (Å²) in [6.45, 7) is 13.0. The minimum absolute atomic E-state index is 0.0907. The highest BCUT2D eigenvalue weighted by molar-refractivity contribution is 6.00. The van der Waals surface area contributed by atoms with E-state index in [-0.39, 0.29) is 10.8 Å². The normalized spacial score (nSPS) is 25.7. The van der Waals surface area contributed by atoms with Crippen molar-refractivity contribution < 1.29 is 5.21 Å². The summed E-state index contributed by atoms with van der Waals surface area (Å²) in [5.41, 5.74) is 3.68. The molecule has 0 amide bonds. The molecule has 0 atom stereocenters. The van der Waals surface area contributed by atoms with Crippen molar-refractivity contribution in [2.75, 3.05) is 0 Å². The van der Waals surface area contributed by atoms with Crippen LogP contribution in [0.25, 0.3) is 0 Å². The van der Waals surface area contributed by atoms with E-state index in [2.05, 4.69) is 39.8 Å². The number of allylic oxidation sites excluding steroid dienone is 2. The van der Waals surface area contributed by atoms with Crippen LogP contribution in [0, 0.1) is 10.8 Å². The summed E-state index contributed by atoms with van der Waals surface area (Å²) in [7, 11) is 0. The van der Waals surface area contributed by atoms with Crippen LogP contribution in [0.1, 0.15) is 48.0 Å². The molecular formula is C12H21NO. The lowest BCUT2D eigenvalue weighted by molar-refractivity contribution is 0.182. The third-order valence-electron chi connectivity index (χ3n) is 3.96. The van der Waals surface area contributed by atoms with Gasteiger partial charge in [-0.1, -0.05) is 38.4 Å². The molecule has 0 unspecified atom stereocenters. The van der Waals surface area contributed by atoms with Gasteiger partial charge in [-0.2, -0.15) is 0 Å². The molecule has 0 heterocycles. The van der Waals surface area contributed by atoms with Gasteiger partial charge < -0.3 is 5.21 Å². The van der Waals surface area contributed by atoms with Crippen molar-refractivity contribution >= 4 is 5.71 Å². The summed E-state index contributed by atoms with van der Waals surface area (Å²) in [5, 5.41) is 12.2. The quantitative estimate of drug-likeness (QED) is 0.387. The van der Waals surface area contributed by atoms with E-state index in [0.717, 1.165) is 12.1 Å². The first-order valence-electron chi connectivity index (χ1n) is 5.13. The molecule has 0 fully saturated rings. The predicted molar refractivity (Wildman–Crippen MR) is 59.8 cm³/mol. The van der Waals surface area contributed by atoms with Crippen LogP contribution in [0.3, 0.4) is 0 Å². The Morgan fingerprint density at radius 1 is 1.29 bits per heavy atom. The second-order valence-electron chi connectivity index (χ2n) is 5.53. The van der Waals surface area contributed by atoms with Gasteiger partial charge in [0, 0.05) is 0 Å². The Bertz CT molecular complexity index is 308. The Hall–Kier alpha value is -0.790. The lowest BCUT2D eigenvalue weighted by Gasteiger charge is -2.37. The summed E-state index contributed by atoms with van der Waals surface area (Å²) >= 11 is 0. The predicted octanol–water partition coefficient (Wildman–Crippen LogP) is 3.61. The molecule has 0 aromatic heterocycles. The van der Waals surface area contributed by atoms with E-state index in [0.29, 0.717) is 0 Å². The Labute approximate surface area is 86.7 Å². The Morgan fingerprint density at radius 3 is 2.07 bits per heavy atom. The average Bonchev–Trinajstić information content (AvgIpc) is 2.16. The molecule has 1 rings (SSSR count). The first kappa shape index (κ1) is 11.3. The van der Waals surface area contributed by atoms with Gasteiger partial charge in [-0.25, -0.2) is 0 Å². The zero-order chi connectivity index (χ0) is 11.1. The van der Waals surface area contributed by atoms with Crippen LogP contribution in [0.15, 0.2) is 16.3 Å². The molecule has 0 aliphatic heterocycles. The van der Waals surface area contributed by atoms with Crippen LogP contribution in [0.4, 0.5) is 0 Å². The Kier molecular flexibility index (Phi) is 2.51. The molecule has 0 saturated carbocycles. The van der Waals surface area contributed by atoms with Crippen molar-refractivity contribution in [3.8, 4) is 0 Å². The van der Waals surface area contributed by atoms with E-state index in [4.69, 9.17) is 5.21 Å². The molecule has 14 heavy (non-hydrogen) atoms. The summed E-state index contributed by atoms with van der Waals surface area (Å²) in [6, 6.07) is 0. The monoisotopic (exact) mass is 195 g/mol. The molecule has 0 bridgehead atoms. The molecule has 2 nitrogen and oxygen atoms in total. The van der Waals surface area contributed by atoms with Gasteiger partial charge in [-0.3, -0.25) is 0 Å². The largest absolute Gasteiger partial charge is 0.411 e. The molecule has 1 aliphatic rings. The Balaban J connectivity index is 3.25. The maximum Gasteiger partial charge on any atom is 0.0801 e. The van der Waals surface area contributed by atoms with Crippen molar-refractivity contribution in [1.29, 1.82) is 0 Å². The minimum Gasteiger partial charge on any atom is -0.411 e. The van der Waals surface area contributed by atoms with Crippen molar-refractivity contribution in [1.82, 2.24) is 0 Å². The maximum absolute atomic E-state index is 8.87. The van der Waals surface area contributed by atoms with Gasteiger partial charge in [0.25, 0.3) is 0 Å². The fourth-order valence-electron chi connectivity index (χ4n) is 2.66. The van der Waals surface area contributed by atoms with E-state index in [9.17, 15) is 0 Å². The van der Waals surface area contributed by atoms with Gasteiger partial charge in [-0.15, -0.1) is 0 Å². The van der Waals surface area contributed by atoms with Gasteiger partial charge >= 0.3 is 0 Å². The first-order chi connectivity index (χ1) is 6.24. The van der Waals surface area contributed by atoms with E-state index < -0.39 is 0 Å².